The number of ether oxygens (including phenoxy) is 1. The number of alkyl halides is 2. The predicted octanol–water partition coefficient (Wildman–Crippen LogP) is 4.36. The molecule has 0 bridgehead atoms. The van der Waals surface area contributed by atoms with Crippen LogP contribution in [0.1, 0.15) is 11.3 Å². The van der Waals surface area contributed by atoms with Gasteiger partial charge in [0.2, 0.25) is 0 Å². The van der Waals surface area contributed by atoms with Gasteiger partial charge < -0.3 is 19.2 Å². The van der Waals surface area contributed by atoms with Crippen LogP contribution in [0.2, 0.25) is 0 Å². The molecule has 0 unspecified atom stereocenters. The Hall–Kier alpha value is -2.91. The first-order valence-electron chi connectivity index (χ1n) is 8.74. The topological polar surface area (TPSA) is 71.1 Å². The summed E-state index contributed by atoms with van der Waals surface area (Å²) in [5.74, 6) is 0.990. The minimum Gasteiger partial charge on any atom is -0.467 e. The summed E-state index contributed by atoms with van der Waals surface area (Å²) in [6.07, 6.45) is 4.85. The van der Waals surface area contributed by atoms with E-state index in [1.54, 1.807) is 47.8 Å². The number of amidine groups is 1. The molecule has 150 valence electrons. The van der Waals surface area contributed by atoms with E-state index in [1.165, 1.54) is 23.9 Å². The molecule has 29 heavy (non-hydrogen) atoms. The first-order valence-corrected chi connectivity index (χ1v) is 9.72. The molecule has 3 aromatic rings. The van der Waals surface area contributed by atoms with Crippen LogP contribution in [0.3, 0.4) is 0 Å². The lowest BCUT2D eigenvalue weighted by Gasteiger charge is -2.34. The smallest absolute Gasteiger partial charge is 0.387 e. The van der Waals surface area contributed by atoms with Gasteiger partial charge in [-0.1, -0.05) is 23.9 Å². The lowest BCUT2D eigenvalue weighted by molar-refractivity contribution is -0.0553. The van der Waals surface area contributed by atoms with Crippen LogP contribution in [0.5, 0.6) is 5.75 Å². The number of furan rings is 1. The molecule has 6 nitrogen and oxygen atoms in total. The lowest BCUT2D eigenvalue weighted by atomic mass is 10.0. The summed E-state index contributed by atoms with van der Waals surface area (Å²) < 4.78 is 34.7. The van der Waals surface area contributed by atoms with E-state index in [2.05, 4.69) is 14.7 Å². The van der Waals surface area contributed by atoms with E-state index in [1.807, 2.05) is 12.1 Å². The van der Waals surface area contributed by atoms with Crippen molar-refractivity contribution in [1.29, 1.82) is 0 Å². The lowest BCUT2D eigenvalue weighted by Crippen LogP contribution is -2.44. The standard InChI is InChI=1S/C20H17F2N3O3S/c21-18(22)28-16-7-5-14(6-8-16)20(26)13-29-19(24-15-3-1-9-23-11-15)25(20)12-17-4-2-10-27-17/h1-11,18,26H,12-13H2/t20-/m0/s1. The molecule has 0 radical (unpaired) electrons. The summed E-state index contributed by atoms with van der Waals surface area (Å²) in [4.78, 5) is 10.4. The Morgan fingerprint density at radius 2 is 2.07 bits per heavy atom. The maximum absolute atomic E-state index is 12.4. The number of benzene rings is 1. The summed E-state index contributed by atoms with van der Waals surface area (Å²) in [5, 5.41) is 12.1. The largest absolute Gasteiger partial charge is 0.467 e. The Balaban J connectivity index is 1.68. The number of thioether (sulfide) groups is 1. The number of aliphatic imine (C=N–C) groups is 1. The molecule has 4 rings (SSSR count). The van der Waals surface area contributed by atoms with Gasteiger partial charge in [-0.05, 0) is 36.4 Å². The van der Waals surface area contributed by atoms with Crippen LogP contribution in [0.25, 0.3) is 0 Å². The second-order valence-electron chi connectivity index (χ2n) is 6.28. The van der Waals surface area contributed by atoms with Crippen LogP contribution in [0.4, 0.5) is 14.5 Å². The SMILES string of the molecule is O[C@]1(c2ccc(OC(F)F)cc2)CSC(=Nc2cccnc2)N1Cc1ccco1. The molecule has 3 heterocycles. The molecule has 1 aliphatic rings. The number of hydrogen-bond donors (Lipinski definition) is 1. The molecule has 1 fully saturated rings. The van der Waals surface area contributed by atoms with Gasteiger partial charge in [0.1, 0.15) is 11.5 Å². The Morgan fingerprint density at radius 1 is 1.24 bits per heavy atom. The molecule has 1 aromatic carbocycles. The first-order chi connectivity index (χ1) is 14.0. The zero-order valence-corrected chi connectivity index (χ0v) is 15.9. The van der Waals surface area contributed by atoms with Crippen LogP contribution in [0.15, 0.2) is 76.6 Å². The average Bonchev–Trinajstić information content (AvgIpc) is 3.33. The van der Waals surface area contributed by atoms with Gasteiger partial charge in [0.25, 0.3) is 0 Å². The van der Waals surface area contributed by atoms with Gasteiger partial charge in [-0.25, -0.2) is 4.99 Å². The van der Waals surface area contributed by atoms with E-state index in [-0.39, 0.29) is 12.3 Å². The number of aliphatic hydroxyl groups is 1. The van der Waals surface area contributed by atoms with E-state index < -0.39 is 12.3 Å². The third-order valence-corrected chi connectivity index (χ3v) is 5.50. The number of aromatic nitrogens is 1. The fraction of sp³-hybridized carbons (Fsp3) is 0.200. The Morgan fingerprint density at radius 3 is 2.72 bits per heavy atom. The second kappa shape index (κ2) is 8.22. The molecule has 9 heteroatoms. The van der Waals surface area contributed by atoms with Crippen molar-refractivity contribution < 1.29 is 23.0 Å². The quantitative estimate of drug-likeness (QED) is 0.643. The highest BCUT2D eigenvalue weighted by atomic mass is 32.2. The van der Waals surface area contributed by atoms with Gasteiger partial charge in [-0.3, -0.25) is 4.98 Å². The van der Waals surface area contributed by atoms with E-state index in [0.29, 0.717) is 27.9 Å². The van der Waals surface area contributed by atoms with Gasteiger partial charge in [0.05, 0.1) is 30.4 Å². The normalized spacial score (nSPS) is 20.6. The van der Waals surface area contributed by atoms with Crippen LogP contribution in [0, 0.1) is 0 Å². The highest BCUT2D eigenvalue weighted by Crippen LogP contribution is 2.41. The molecular formula is C20H17F2N3O3S. The molecule has 0 spiro atoms. The van der Waals surface area contributed by atoms with Crippen molar-refractivity contribution in [2.75, 3.05) is 5.75 Å². The van der Waals surface area contributed by atoms with E-state index in [9.17, 15) is 13.9 Å². The van der Waals surface area contributed by atoms with Gasteiger partial charge >= 0.3 is 6.61 Å². The molecule has 0 saturated carbocycles. The van der Waals surface area contributed by atoms with Crippen LogP contribution in [-0.4, -0.2) is 32.5 Å². The average molecular weight is 417 g/mol. The third-order valence-electron chi connectivity index (χ3n) is 4.39. The van der Waals surface area contributed by atoms with Crippen molar-refractivity contribution in [2.45, 2.75) is 18.9 Å². The number of pyridine rings is 1. The van der Waals surface area contributed by atoms with Crippen LogP contribution >= 0.6 is 11.8 Å². The van der Waals surface area contributed by atoms with Crippen molar-refractivity contribution >= 4 is 22.6 Å². The van der Waals surface area contributed by atoms with Crippen molar-refractivity contribution in [3.8, 4) is 5.75 Å². The van der Waals surface area contributed by atoms with E-state index >= 15 is 0 Å². The summed E-state index contributed by atoms with van der Waals surface area (Å²) in [7, 11) is 0. The van der Waals surface area contributed by atoms with Gasteiger partial charge in [-0.2, -0.15) is 8.78 Å². The van der Waals surface area contributed by atoms with Crippen molar-refractivity contribution in [3.05, 3.63) is 78.5 Å². The molecule has 2 aromatic heterocycles. The second-order valence-corrected chi connectivity index (χ2v) is 7.22. The summed E-state index contributed by atoms with van der Waals surface area (Å²) >= 11 is 1.39. The van der Waals surface area contributed by atoms with Crippen molar-refractivity contribution in [3.63, 3.8) is 0 Å². The van der Waals surface area contributed by atoms with E-state index in [0.717, 1.165) is 0 Å². The third kappa shape index (κ3) is 4.25. The molecule has 1 N–H and O–H groups in total. The zero-order chi connectivity index (χ0) is 20.3. The highest BCUT2D eigenvalue weighted by Gasteiger charge is 2.45. The number of rotatable bonds is 6. The Bertz CT molecular complexity index is 968. The van der Waals surface area contributed by atoms with Crippen LogP contribution < -0.4 is 4.74 Å². The van der Waals surface area contributed by atoms with Gasteiger partial charge in [0.15, 0.2) is 10.9 Å². The monoisotopic (exact) mass is 417 g/mol. The van der Waals surface area contributed by atoms with Gasteiger partial charge in [0, 0.05) is 11.8 Å². The fourth-order valence-corrected chi connectivity index (χ4v) is 4.20. The van der Waals surface area contributed by atoms with Crippen molar-refractivity contribution in [2.24, 2.45) is 4.99 Å². The molecule has 0 amide bonds. The van der Waals surface area contributed by atoms with Crippen LogP contribution in [-0.2, 0) is 12.3 Å². The molecule has 0 aliphatic carbocycles. The maximum Gasteiger partial charge on any atom is 0.387 e. The predicted molar refractivity (Wildman–Crippen MR) is 105 cm³/mol. The summed E-state index contributed by atoms with van der Waals surface area (Å²) in [5.41, 5.74) is -0.207. The number of halogens is 2. The number of nitrogens with zero attached hydrogens (tertiary/aromatic N) is 3. The van der Waals surface area contributed by atoms with E-state index in [4.69, 9.17) is 4.42 Å². The highest BCUT2D eigenvalue weighted by molar-refractivity contribution is 8.14. The maximum atomic E-state index is 12.4. The van der Waals surface area contributed by atoms with Gasteiger partial charge in [-0.15, -0.1) is 0 Å². The summed E-state index contributed by atoms with van der Waals surface area (Å²) in [6, 6.07) is 13.1. The Kier molecular flexibility index (Phi) is 5.50. The fourth-order valence-electron chi connectivity index (χ4n) is 3.00. The molecular weight excluding hydrogens is 400 g/mol. The zero-order valence-electron chi connectivity index (χ0n) is 15.1. The summed E-state index contributed by atoms with van der Waals surface area (Å²) in [6.45, 7) is -2.62. The molecule has 1 atom stereocenters. The number of hydrogen-bond acceptors (Lipinski definition) is 6. The van der Waals surface area contributed by atoms with Crippen molar-refractivity contribution in [1.82, 2.24) is 9.88 Å². The minimum absolute atomic E-state index is 0.0276. The Labute approximate surface area is 169 Å². The molecule has 1 aliphatic heterocycles. The minimum atomic E-state index is -2.90. The molecule has 1 saturated heterocycles. The first kappa shape index (κ1) is 19.4.